The lowest BCUT2D eigenvalue weighted by Crippen LogP contribution is -2.25. The number of nitrogens with two attached hydrogens (primary N) is 1. The summed E-state index contributed by atoms with van der Waals surface area (Å²) in [5, 5.41) is 8.26. The number of rotatable bonds is 8. The van der Waals surface area contributed by atoms with E-state index in [4.69, 9.17) is 5.14 Å². The van der Waals surface area contributed by atoms with Crippen molar-refractivity contribution < 1.29 is 13.2 Å². The van der Waals surface area contributed by atoms with E-state index in [1.165, 1.54) is 25.0 Å². The van der Waals surface area contributed by atoms with Crippen molar-refractivity contribution in [3.63, 3.8) is 0 Å². The molecule has 1 aromatic heterocycles. The third-order valence-corrected chi connectivity index (χ3v) is 5.75. The first kappa shape index (κ1) is 18.8. The van der Waals surface area contributed by atoms with E-state index < -0.39 is 10.0 Å². The van der Waals surface area contributed by atoms with Crippen LogP contribution >= 0.6 is 0 Å². The first-order valence-corrected chi connectivity index (χ1v) is 10.4. The highest BCUT2D eigenvalue weighted by Crippen LogP contribution is 2.38. The summed E-state index contributed by atoms with van der Waals surface area (Å²) < 4.78 is 24.8. The molecule has 0 bridgehead atoms. The van der Waals surface area contributed by atoms with Gasteiger partial charge in [0, 0.05) is 23.0 Å². The Bertz CT molecular complexity index is 910. The second-order valence-electron chi connectivity index (χ2n) is 6.92. The highest BCUT2D eigenvalue weighted by atomic mass is 32.2. The molecule has 1 aromatic carbocycles. The maximum atomic E-state index is 12.5. The van der Waals surface area contributed by atoms with E-state index in [1.807, 2.05) is 13.0 Å². The summed E-state index contributed by atoms with van der Waals surface area (Å²) in [7, 11) is -3.66. The largest absolute Gasteiger partial charge is 0.345 e. The average molecular weight is 375 g/mol. The lowest BCUT2D eigenvalue weighted by Gasteiger charge is -2.08. The molecule has 3 rings (SSSR count). The number of sulfonamides is 1. The molecule has 0 atom stereocenters. The van der Waals surface area contributed by atoms with Gasteiger partial charge in [-0.2, -0.15) is 0 Å². The van der Waals surface area contributed by atoms with Gasteiger partial charge in [0.25, 0.3) is 0 Å². The fourth-order valence-electron chi connectivity index (χ4n) is 3.33. The number of aromatic nitrogens is 1. The maximum Gasteiger partial charge on any atom is 0.238 e. The van der Waals surface area contributed by atoms with E-state index in [1.54, 1.807) is 12.1 Å². The second-order valence-corrected chi connectivity index (χ2v) is 8.49. The molecule has 1 aliphatic carbocycles. The molecule has 1 saturated carbocycles. The van der Waals surface area contributed by atoms with Gasteiger partial charge in [0.2, 0.25) is 10.0 Å². The Morgan fingerprint density at radius 3 is 2.46 bits per heavy atom. The van der Waals surface area contributed by atoms with Crippen LogP contribution in [0.2, 0.25) is 0 Å². The predicted octanol–water partition coefficient (Wildman–Crippen LogP) is 2.10. The van der Waals surface area contributed by atoms with Crippen molar-refractivity contribution >= 4 is 15.8 Å². The smallest absolute Gasteiger partial charge is 0.238 e. The monoisotopic (exact) mass is 375 g/mol. The van der Waals surface area contributed by atoms with Crippen LogP contribution < -0.4 is 10.5 Å². The fourth-order valence-corrected chi connectivity index (χ4v) is 3.85. The number of hydrogen-bond acceptors (Lipinski definition) is 4. The Hall–Kier alpha value is -1.96. The van der Waals surface area contributed by atoms with Crippen molar-refractivity contribution in [1.29, 1.82) is 0 Å². The van der Waals surface area contributed by atoms with Crippen LogP contribution in [0.15, 0.2) is 35.2 Å². The van der Waals surface area contributed by atoms with E-state index >= 15 is 0 Å². The van der Waals surface area contributed by atoms with Crippen LogP contribution in [0.25, 0.3) is 0 Å². The van der Waals surface area contributed by atoms with Crippen molar-refractivity contribution in [3.05, 3.63) is 52.8 Å². The van der Waals surface area contributed by atoms with E-state index in [0.29, 0.717) is 25.6 Å². The highest BCUT2D eigenvalue weighted by molar-refractivity contribution is 7.89. The quantitative estimate of drug-likeness (QED) is 0.546. The number of nitrogens with one attached hydrogen (secondary N) is 1. The molecule has 26 heavy (non-hydrogen) atoms. The Balaban J connectivity index is 1.51. The summed E-state index contributed by atoms with van der Waals surface area (Å²) in [5.74, 6) is 0.106. The molecule has 3 N–H and O–H groups in total. The number of benzene rings is 1. The Kier molecular flexibility index (Phi) is 5.32. The van der Waals surface area contributed by atoms with Crippen molar-refractivity contribution in [2.75, 3.05) is 13.1 Å². The van der Waals surface area contributed by atoms with Crippen LogP contribution in [-0.4, -0.2) is 31.9 Å². The first-order chi connectivity index (χ1) is 12.3. The van der Waals surface area contributed by atoms with Crippen LogP contribution in [0.5, 0.6) is 0 Å². The Morgan fingerprint density at radius 2 is 1.88 bits per heavy atom. The molecule has 1 fully saturated rings. The molecule has 2 aromatic rings. The minimum Gasteiger partial charge on any atom is -0.345 e. The Labute approximate surface area is 154 Å². The fraction of sp³-hybridized carbons (Fsp3) is 0.421. The SMILES string of the molecule is Cc1cc(C(=O)CNCCc2ccc(S(N)(=O)=O)cc2)c(C)n1C1CC1. The predicted molar refractivity (Wildman–Crippen MR) is 101 cm³/mol. The van der Waals surface area contributed by atoms with Gasteiger partial charge in [0.1, 0.15) is 0 Å². The zero-order valence-electron chi connectivity index (χ0n) is 15.2. The zero-order chi connectivity index (χ0) is 18.9. The normalized spacial score (nSPS) is 14.6. The van der Waals surface area contributed by atoms with Crippen molar-refractivity contribution in [2.24, 2.45) is 5.14 Å². The first-order valence-electron chi connectivity index (χ1n) is 8.81. The summed E-state index contributed by atoms with van der Waals surface area (Å²) in [6.45, 7) is 5.01. The summed E-state index contributed by atoms with van der Waals surface area (Å²) >= 11 is 0. The maximum absolute atomic E-state index is 12.5. The standard InChI is InChI=1S/C19H25N3O3S/c1-13-11-18(14(2)22(13)16-5-6-16)19(23)12-21-10-9-15-3-7-17(8-4-15)26(20,24)25/h3-4,7-8,11,16,21H,5-6,9-10,12H2,1-2H3,(H2,20,24,25). The molecule has 0 aliphatic heterocycles. The van der Waals surface area contributed by atoms with Crippen LogP contribution in [0, 0.1) is 13.8 Å². The molecule has 0 amide bonds. The number of Topliss-reactive ketones (excluding diaryl/α,β-unsaturated/α-hetero) is 1. The van der Waals surface area contributed by atoms with Gasteiger partial charge in [-0.3, -0.25) is 4.79 Å². The number of hydrogen-bond donors (Lipinski definition) is 2. The van der Waals surface area contributed by atoms with Gasteiger partial charge in [0.05, 0.1) is 11.4 Å². The molecule has 1 heterocycles. The van der Waals surface area contributed by atoms with E-state index in [9.17, 15) is 13.2 Å². The van der Waals surface area contributed by atoms with Crippen LogP contribution in [0.3, 0.4) is 0 Å². The number of carbonyl (C=O) groups is 1. The summed E-state index contributed by atoms with van der Waals surface area (Å²) in [4.78, 5) is 12.6. The minimum atomic E-state index is -3.66. The number of ketones is 1. The van der Waals surface area contributed by atoms with Gasteiger partial charge in [-0.1, -0.05) is 12.1 Å². The van der Waals surface area contributed by atoms with Crippen molar-refractivity contribution in [2.45, 2.75) is 44.0 Å². The van der Waals surface area contributed by atoms with E-state index in [0.717, 1.165) is 22.5 Å². The molecule has 140 valence electrons. The second kappa shape index (κ2) is 7.34. The third-order valence-electron chi connectivity index (χ3n) is 4.82. The molecule has 0 saturated heterocycles. The molecular formula is C19H25N3O3S. The molecule has 7 heteroatoms. The Morgan fingerprint density at radius 1 is 1.23 bits per heavy atom. The minimum absolute atomic E-state index is 0.106. The zero-order valence-corrected chi connectivity index (χ0v) is 16.0. The third kappa shape index (κ3) is 4.23. The molecule has 0 spiro atoms. The summed E-state index contributed by atoms with van der Waals surface area (Å²) in [6, 6.07) is 9.05. The van der Waals surface area contributed by atoms with E-state index in [-0.39, 0.29) is 10.7 Å². The van der Waals surface area contributed by atoms with Crippen LogP contribution in [-0.2, 0) is 16.4 Å². The van der Waals surface area contributed by atoms with Gasteiger partial charge in [0.15, 0.2) is 5.78 Å². The van der Waals surface area contributed by atoms with E-state index in [2.05, 4.69) is 16.8 Å². The molecule has 0 unspecified atom stereocenters. The topological polar surface area (TPSA) is 94.2 Å². The summed E-state index contributed by atoms with van der Waals surface area (Å²) in [6.07, 6.45) is 3.11. The van der Waals surface area contributed by atoms with Gasteiger partial charge >= 0.3 is 0 Å². The van der Waals surface area contributed by atoms with Gasteiger partial charge in [-0.05, 0) is 63.4 Å². The van der Waals surface area contributed by atoms with Crippen LogP contribution in [0.1, 0.15) is 46.2 Å². The lowest BCUT2D eigenvalue weighted by molar-refractivity contribution is 0.0990. The summed E-state index contributed by atoms with van der Waals surface area (Å²) in [5.41, 5.74) is 4.02. The molecule has 0 radical (unpaired) electrons. The van der Waals surface area contributed by atoms with Gasteiger partial charge < -0.3 is 9.88 Å². The number of carbonyl (C=O) groups excluding carboxylic acids is 1. The molecular weight excluding hydrogens is 350 g/mol. The van der Waals surface area contributed by atoms with Crippen molar-refractivity contribution in [3.8, 4) is 0 Å². The average Bonchev–Trinajstić information content (AvgIpc) is 3.36. The number of nitrogens with zero attached hydrogens (tertiary/aromatic N) is 1. The van der Waals surface area contributed by atoms with Gasteiger partial charge in [-0.25, -0.2) is 13.6 Å². The molecule has 1 aliphatic rings. The number of primary sulfonamides is 1. The molecule has 6 nitrogen and oxygen atoms in total. The number of aryl methyl sites for hydroxylation is 1. The lowest BCUT2D eigenvalue weighted by atomic mass is 10.1. The van der Waals surface area contributed by atoms with Crippen LogP contribution in [0.4, 0.5) is 0 Å². The van der Waals surface area contributed by atoms with Crippen molar-refractivity contribution in [1.82, 2.24) is 9.88 Å². The highest BCUT2D eigenvalue weighted by Gasteiger charge is 2.28. The van der Waals surface area contributed by atoms with Gasteiger partial charge in [-0.15, -0.1) is 0 Å².